The second-order valence-corrected chi connectivity index (χ2v) is 7.53. The maximum atomic E-state index is 12.8. The number of rotatable bonds is 9. The number of benzene rings is 2. The first-order valence-corrected chi connectivity index (χ1v) is 10.5. The van der Waals surface area contributed by atoms with E-state index in [0.29, 0.717) is 27.9 Å². The summed E-state index contributed by atoms with van der Waals surface area (Å²) in [5, 5.41) is 13.3. The molecular formula is C24H22ClN3O5. The lowest BCUT2D eigenvalue weighted by Gasteiger charge is -2.22. The number of carbonyl (C=O) groups excluding carboxylic acids is 2. The van der Waals surface area contributed by atoms with Gasteiger partial charge in [-0.1, -0.05) is 35.0 Å². The second-order valence-electron chi connectivity index (χ2n) is 7.10. The predicted octanol–water partition coefficient (Wildman–Crippen LogP) is 4.63. The third-order valence-electron chi connectivity index (χ3n) is 4.86. The standard InChI is InChI=1S/C24H22ClN3O5/c1-16-21(17(2)33-27-16)14-31-22-10-4-3-9-20(22)24(30)32-15-23(29)28(12-6-11-26)19-8-5-7-18(25)13-19/h3-5,7-10,13H,6,12,14-15H2,1-2H3. The molecule has 3 aromatic rings. The van der Waals surface area contributed by atoms with E-state index in [0.717, 1.165) is 5.56 Å². The first-order valence-electron chi connectivity index (χ1n) is 10.1. The van der Waals surface area contributed by atoms with Gasteiger partial charge in [-0.05, 0) is 44.2 Å². The fraction of sp³-hybridized carbons (Fsp3) is 0.250. The SMILES string of the molecule is Cc1noc(C)c1COc1ccccc1C(=O)OCC(=O)N(CCC#N)c1cccc(Cl)c1. The lowest BCUT2D eigenvalue weighted by Crippen LogP contribution is -2.35. The number of esters is 1. The highest BCUT2D eigenvalue weighted by molar-refractivity contribution is 6.30. The van der Waals surface area contributed by atoms with Crippen LogP contribution in [0.5, 0.6) is 5.75 Å². The Kier molecular flexibility index (Phi) is 8.06. The number of para-hydroxylation sites is 1. The average molecular weight is 468 g/mol. The summed E-state index contributed by atoms with van der Waals surface area (Å²) in [5.74, 6) is -0.234. The summed E-state index contributed by atoms with van der Waals surface area (Å²) in [4.78, 5) is 26.9. The van der Waals surface area contributed by atoms with Crippen LogP contribution in [0.2, 0.25) is 5.02 Å². The van der Waals surface area contributed by atoms with Gasteiger partial charge in [0, 0.05) is 17.3 Å². The van der Waals surface area contributed by atoms with E-state index in [-0.39, 0.29) is 25.1 Å². The van der Waals surface area contributed by atoms with Gasteiger partial charge in [-0.3, -0.25) is 4.79 Å². The number of aromatic nitrogens is 1. The number of nitrogens with zero attached hydrogens (tertiary/aromatic N) is 3. The van der Waals surface area contributed by atoms with E-state index in [2.05, 4.69) is 5.16 Å². The van der Waals surface area contributed by atoms with Gasteiger partial charge in [-0.15, -0.1) is 0 Å². The Morgan fingerprint density at radius 2 is 1.97 bits per heavy atom. The molecule has 0 aliphatic heterocycles. The predicted molar refractivity (Wildman–Crippen MR) is 121 cm³/mol. The van der Waals surface area contributed by atoms with Crippen molar-refractivity contribution in [3.8, 4) is 11.8 Å². The summed E-state index contributed by atoms with van der Waals surface area (Å²) in [6.45, 7) is 3.39. The molecule has 1 heterocycles. The van der Waals surface area contributed by atoms with Gasteiger partial charge in [0.1, 0.15) is 23.7 Å². The van der Waals surface area contributed by atoms with Gasteiger partial charge < -0.3 is 18.9 Å². The van der Waals surface area contributed by atoms with E-state index in [1.165, 1.54) is 4.90 Å². The van der Waals surface area contributed by atoms with Crippen LogP contribution in [0, 0.1) is 25.2 Å². The van der Waals surface area contributed by atoms with Gasteiger partial charge in [0.05, 0.1) is 23.7 Å². The Hall–Kier alpha value is -3.83. The normalized spacial score (nSPS) is 10.4. The van der Waals surface area contributed by atoms with E-state index in [4.69, 9.17) is 30.9 Å². The number of aryl methyl sites for hydroxylation is 2. The molecule has 8 nitrogen and oxygen atoms in total. The Morgan fingerprint density at radius 1 is 1.18 bits per heavy atom. The topological polar surface area (TPSA) is 106 Å². The Balaban J connectivity index is 1.68. The monoisotopic (exact) mass is 467 g/mol. The lowest BCUT2D eigenvalue weighted by molar-refractivity contribution is -0.121. The minimum absolute atomic E-state index is 0.116. The van der Waals surface area contributed by atoms with Crippen molar-refractivity contribution >= 4 is 29.2 Å². The molecule has 0 saturated carbocycles. The number of anilines is 1. The molecular weight excluding hydrogens is 446 g/mol. The number of amides is 1. The summed E-state index contributed by atoms with van der Waals surface area (Å²) in [5.41, 5.74) is 2.20. The zero-order valence-electron chi connectivity index (χ0n) is 18.2. The molecule has 0 fully saturated rings. The molecule has 0 unspecified atom stereocenters. The minimum atomic E-state index is -0.705. The molecule has 0 bridgehead atoms. The molecule has 0 radical (unpaired) electrons. The van der Waals surface area contributed by atoms with E-state index in [1.807, 2.05) is 6.07 Å². The molecule has 9 heteroatoms. The number of halogens is 1. The largest absolute Gasteiger partial charge is 0.488 e. The highest BCUT2D eigenvalue weighted by Gasteiger charge is 2.20. The van der Waals surface area contributed by atoms with Crippen LogP contribution < -0.4 is 9.64 Å². The lowest BCUT2D eigenvalue weighted by atomic mass is 10.2. The van der Waals surface area contributed by atoms with Crippen LogP contribution in [0.4, 0.5) is 5.69 Å². The summed E-state index contributed by atoms with van der Waals surface area (Å²) in [6.07, 6.45) is 0.116. The number of ether oxygens (including phenoxy) is 2. The molecule has 33 heavy (non-hydrogen) atoms. The van der Waals surface area contributed by atoms with Gasteiger partial charge in [0.25, 0.3) is 5.91 Å². The minimum Gasteiger partial charge on any atom is -0.488 e. The maximum Gasteiger partial charge on any atom is 0.342 e. The van der Waals surface area contributed by atoms with Crippen LogP contribution in [-0.4, -0.2) is 30.2 Å². The van der Waals surface area contributed by atoms with E-state index in [9.17, 15) is 9.59 Å². The first kappa shape index (κ1) is 23.8. The van der Waals surface area contributed by atoms with E-state index >= 15 is 0 Å². The molecule has 0 saturated heterocycles. The molecule has 0 spiro atoms. The second kappa shape index (κ2) is 11.2. The molecule has 0 aliphatic rings. The Morgan fingerprint density at radius 3 is 2.67 bits per heavy atom. The van der Waals surface area contributed by atoms with Crippen molar-refractivity contribution in [3.63, 3.8) is 0 Å². The number of carbonyl (C=O) groups is 2. The van der Waals surface area contributed by atoms with Crippen molar-refractivity contribution in [2.45, 2.75) is 26.9 Å². The van der Waals surface area contributed by atoms with Gasteiger partial charge in [0.2, 0.25) is 0 Å². The number of hydrogen-bond acceptors (Lipinski definition) is 7. The zero-order valence-corrected chi connectivity index (χ0v) is 19.0. The van der Waals surface area contributed by atoms with Crippen molar-refractivity contribution in [1.29, 1.82) is 5.26 Å². The van der Waals surface area contributed by atoms with Crippen LogP contribution >= 0.6 is 11.6 Å². The third kappa shape index (κ3) is 6.11. The van der Waals surface area contributed by atoms with Crippen LogP contribution in [-0.2, 0) is 16.1 Å². The molecule has 1 amide bonds. The quantitative estimate of drug-likeness (QED) is 0.422. The summed E-state index contributed by atoms with van der Waals surface area (Å²) < 4.78 is 16.2. The van der Waals surface area contributed by atoms with Gasteiger partial charge in [0.15, 0.2) is 6.61 Å². The third-order valence-corrected chi connectivity index (χ3v) is 5.09. The van der Waals surface area contributed by atoms with Gasteiger partial charge >= 0.3 is 5.97 Å². The maximum absolute atomic E-state index is 12.8. The average Bonchev–Trinajstić information content (AvgIpc) is 3.13. The van der Waals surface area contributed by atoms with E-state index in [1.54, 1.807) is 62.4 Å². The summed E-state index contributed by atoms with van der Waals surface area (Å²) >= 11 is 6.03. The molecule has 170 valence electrons. The zero-order chi connectivity index (χ0) is 23.8. The fourth-order valence-electron chi connectivity index (χ4n) is 3.11. The first-order chi connectivity index (χ1) is 15.9. The highest BCUT2D eigenvalue weighted by Crippen LogP contribution is 2.23. The molecule has 0 aliphatic carbocycles. The van der Waals surface area contributed by atoms with Gasteiger partial charge in [-0.25, -0.2) is 4.79 Å². The molecule has 3 rings (SSSR count). The molecule has 1 aromatic heterocycles. The van der Waals surface area contributed by atoms with Crippen LogP contribution in [0.1, 0.15) is 33.8 Å². The van der Waals surface area contributed by atoms with Crippen LogP contribution in [0.3, 0.4) is 0 Å². The Labute approximate surface area is 196 Å². The van der Waals surface area contributed by atoms with Crippen molar-refractivity contribution in [3.05, 3.63) is 76.1 Å². The number of nitriles is 1. The summed E-state index contributed by atoms with van der Waals surface area (Å²) in [6, 6.07) is 15.3. The smallest absolute Gasteiger partial charge is 0.342 e. The Bertz CT molecular complexity index is 1170. The van der Waals surface area contributed by atoms with Crippen LogP contribution in [0.25, 0.3) is 0 Å². The van der Waals surface area contributed by atoms with Crippen molar-refractivity contribution < 1.29 is 23.6 Å². The highest BCUT2D eigenvalue weighted by atomic mass is 35.5. The number of hydrogen-bond donors (Lipinski definition) is 0. The molecule has 2 aromatic carbocycles. The van der Waals surface area contributed by atoms with Crippen molar-refractivity contribution in [2.24, 2.45) is 0 Å². The van der Waals surface area contributed by atoms with Crippen molar-refractivity contribution in [1.82, 2.24) is 5.16 Å². The van der Waals surface area contributed by atoms with Crippen molar-refractivity contribution in [2.75, 3.05) is 18.1 Å². The summed E-state index contributed by atoms with van der Waals surface area (Å²) in [7, 11) is 0. The van der Waals surface area contributed by atoms with Gasteiger partial charge in [-0.2, -0.15) is 5.26 Å². The molecule has 0 N–H and O–H groups in total. The van der Waals surface area contributed by atoms with Crippen LogP contribution in [0.15, 0.2) is 53.1 Å². The van der Waals surface area contributed by atoms with E-state index < -0.39 is 18.5 Å². The molecule has 0 atom stereocenters. The fourth-order valence-corrected chi connectivity index (χ4v) is 3.29.